The number of aromatic nitrogens is 3. The SMILES string of the molecule is c1cc2ccc3c4c2c(c1)c1ccccc1n-4c1cccc2c1n3c1ccc3cccc4c5ccccc5n2-c1c34. The standard InChI is InChI=1S/C38H21N3/c1-3-14-28-24(10-1)26-12-5-8-22-18-20-32-37(34(22)26)39(28)30-16-7-17-31-36(30)41(32)33-21-19-23-9-6-13-27-25-11-2-4-15-29(25)40(31)38(33)35(23)27/h1-21H. The molecular weight excluding hydrogens is 498 g/mol. The second kappa shape index (κ2) is 6.78. The number of pyridine rings is 2. The minimum atomic E-state index is 1.21. The first kappa shape index (κ1) is 20.4. The molecule has 0 saturated heterocycles. The van der Waals surface area contributed by atoms with E-state index in [9.17, 15) is 0 Å². The lowest BCUT2D eigenvalue weighted by atomic mass is 9.95. The molecule has 3 nitrogen and oxygen atoms in total. The van der Waals surface area contributed by atoms with E-state index in [1.54, 1.807) is 0 Å². The van der Waals surface area contributed by atoms with Gasteiger partial charge in [0.25, 0.3) is 0 Å². The van der Waals surface area contributed by atoms with E-state index in [0.29, 0.717) is 0 Å². The molecule has 7 aromatic rings. The summed E-state index contributed by atoms with van der Waals surface area (Å²) < 4.78 is 7.57. The summed E-state index contributed by atoms with van der Waals surface area (Å²) in [6.07, 6.45) is 0. The minimum absolute atomic E-state index is 1.21. The highest BCUT2D eigenvalue weighted by Gasteiger charge is 2.27. The van der Waals surface area contributed by atoms with Crippen molar-refractivity contribution < 1.29 is 0 Å². The first-order valence-electron chi connectivity index (χ1n) is 14.2. The molecule has 0 aliphatic carbocycles. The van der Waals surface area contributed by atoms with Gasteiger partial charge in [0.2, 0.25) is 0 Å². The van der Waals surface area contributed by atoms with Gasteiger partial charge in [0.15, 0.2) is 0 Å². The van der Waals surface area contributed by atoms with E-state index < -0.39 is 0 Å². The Morgan fingerprint density at radius 1 is 0.317 bits per heavy atom. The molecule has 4 heterocycles. The fraction of sp³-hybridized carbons (Fsp3) is 0. The van der Waals surface area contributed by atoms with Crippen molar-refractivity contribution in [3.63, 3.8) is 0 Å². The predicted octanol–water partition coefficient (Wildman–Crippen LogP) is 9.91. The summed E-state index contributed by atoms with van der Waals surface area (Å²) in [6.45, 7) is 0. The molecule has 188 valence electrons. The molecular formula is C38H21N3. The third kappa shape index (κ3) is 2.20. The summed E-state index contributed by atoms with van der Waals surface area (Å²) in [5, 5.41) is 10.4. The van der Waals surface area contributed by atoms with Gasteiger partial charge in [-0.15, -0.1) is 0 Å². The number of benzene rings is 7. The van der Waals surface area contributed by atoms with Gasteiger partial charge < -0.3 is 13.5 Å². The average Bonchev–Trinajstić information content (AvgIpc) is 3.04. The number of rotatable bonds is 0. The second-order valence-corrected chi connectivity index (χ2v) is 11.4. The van der Waals surface area contributed by atoms with Crippen molar-refractivity contribution in [3.8, 4) is 11.4 Å². The monoisotopic (exact) mass is 519 g/mol. The molecule has 4 aliphatic rings. The zero-order valence-electron chi connectivity index (χ0n) is 22.0. The van der Waals surface area contributed by atoms with E-state index >= 15 is 0 Å². The zero-order valence-corrected chi connectivity index (χ0v) is 22.0. The fourth-order valence-electron chi connectivity index (χ4n) is 7.97. The van der Waals surface area contributed by atoms with Gasteiger partial charge in [0, 0.05) is 21.5 Å². The average molecular weight is 520 g/mol. The molecule has 41 heavy (non-hydrogen) atoms. The van der Waals surface area contributed by atoms with Crippen LogP contribution in [0.3, 0.4) is 0 Å². The highest BCUT2D eigenvalue weighted by Crippen LogP contribution is 2.46. The zero-order chi connectivity index (χ0) is 26.4. The molecule has 0 aromatic heterocycles. The molecule has 3 heteroatoms. The molecule has 11 rings (SSSR count). The molecule has 0 bridgehead atoms. The van der Waals surface area contributed by atoms with Crippen LogP contribution < -0.4 is 0 Å². The lowest BCUT2D eigenvalue weighted by Crippen LogP contribution is -2.15. The van der Waals surface area contributed by atoms with Crippen LogP contribution in [-0.4, -0.2) is 13.5 Å². The molecule has 0 N–H and O–H groups in total. The van der Waals surface area contributed by atoms with Crippen LogP contribution in [0.1, 0.15) is 0 Å². The van der Waals surface area contributed by atoms with Crippen LogP contribution in [0.25, 0.3) is 93.1 Å². The molecule has 0 radical (unpaired) electrons. The minimum Gasteiger partial charge on any atom is -0.305 e. The van der Waals surface area contributed by atoms with Gasteiger partial charge in [-0.1, -0.05) is 91.0 Å². The van der Waals surface area contributed by atoms with Gasteiger partial charge in [0.05, 0.1) is 50.0 Å². The molecule has 4 aliphatic heterocycles. The Bertz CT molecular complexity index is 2610. The van der Waals surface area contributed by atoms with Gasteiger partial charge in [-0.25, -0.2) is 0 Å². The van der Waals surface area contributed by atoms with E-state index in [0.717, 1.165) is 0 Å². The normalized spacial score (nSPS) is 12.9. The summed E-state index contributed by atoms with van der Waals surface area (Å²) in [5.41, 5.74) is 11.1. The van der Waals surface area contributed by atoms with Crippen molar-refractivity contribution in [1.29, 1.82) is 0 Å². The van der Waals surface area contributed by atoms with Crippen LogP contribution in [0, 0.1) is 0 Å². The lowest BCUT2D eigenvalue weighted by molar-refractivity contribution is 1.09. The third-order valence-electron chi connectivity index (χ3n) is 9.49. The van der Waals surface area contributed by atoms with Crippen LogP contribution in [0.4, 0.5) is 0 Å². The maximum absolute atomic E-state index is 2.54. The summed E-state index contributed by atoms with van der Waals surface area (Å²) in [6, 6.07) is 47.3. The predicted molar refractivity (Wildman–Crippen MR) is 172 cm³/mol. The van der Waals surface area contributed by atoms with Crippen LogP contribution in [-0.2, 0) is 0 Å². The van der Waals surface area contributed by atoms with Crippen molar-refractivity contribution in [3.05, 3.63) is 127 Å². The van der Waals surface area contributed by atoms with Crippen LogP contribution in [0.5, 0.6) is 0 Å². The summed E-state index contributed by atoms with van der Waals surface area (Å²) in [5.74, 6) is 0. The second-order valence-electron chi connectivity index (χ2n) is 11.4. The summed E-state index contributed by atoms with van der Waals surface area (Å²) >= 11 is 0. The fourth-order valence-corrected chi connectivity index (χ4v) is 7.97. The third-order valence-corrected chi connectivity index (χ3v) is 9.49. The highest BCUT2D eigenvalue weighted by molar-refractivity contribution is 6.24. The first-order valence-corrected chi connectivity index (χ1v) is 14.2. The molecule has 0 fully saturated rings. The largest absolute Gasteiger partial charge is 0.305 e. The van der Waals surface area contributed by atoms with E-state index in [1.807, 2.05) is 0 Å². The molecule has 0 amide bonds. The van der Waals surface area contributed by atoms with Crippen LogP contribution in [0.2, 0.25) is 0 Å². The van der Waals surface area contributed by atoms with Gasteiger partial charge in [-0.05, 0) is 57.9 Å². The molecule has 0 unspecified atom stereocenters. The van der Waals surface area contributed by atoms with Gasteiger partial charge in [-0.2, -0.15) is 0 Å². The van der Waals surface area contributed by atoms with Crippen LogP contribution >= 0.6 is 0 Å². The number of nitrogens with zero attached hydrogens (tertiary/aromatic N) is 3. The number of para-hydroxylation sites is 3. The van der Waals surface area contributed by atoms with Crippen molar-refractivity contribution in [2.24, 2.45) is 0 Å². The van der Waals surface area contributed by atoms with E-state index in [1.165, 1.54) is 93.1 Å². The lowest BCUT2D eigenvalue weighted by Gasteiger charge is -2.30. The molecule has 0 spiro atoms. The molecule has 7 aromatic carbocycles. The van der Waals surface area contributed by atoms with Gasteiger partial charge >= 0.3 is 0 Å². The molecule has 0 atom stereocenters. The van der Waals surface area contributed by atoms with Crippen molar-refractivity contribution >= 4 is 81.7 Å². The highest BCUT2D eigenvalue weighted by atomic mass is 15.1. The Morgan fingerprint density at radius 2 is 0.756 bits per heavy atom. The van der Waals surface area contributed by atoms with Gasteiger partial charge in [-0.3, -0.25) is 0 Å². The van der Waals surface area contributed by atoms with E-state index in [4.69, 9.17) is 0 Å². The van der Waals surface area contributed by atoms with E-state index in [-0.39, 0.29) is 0 Å². The topological polar surface area (TPSA) is 14.3 Å². The van der Waals surface area contributed by atoms with Crippen molar-refractivity contribution in [1.82, 2.24) is 13.5 Å². The van der Waals surface area contributed by atoms with Crippen molar-refractivity contribution in [2.75, 3.05) is 0 Å². The maximum Gasteiger partial charge on any atom is 0.0947 e. The maximum atomic E-state index is 2.54. The Balaban J connectivity index is 1.59. The summed E-state index contributed by atoms with van der Waals surface area (Å²) in [4.78, 5) is 0. The Hall–Kier alpha value is -5.54. The first-order chi connectivity index (χ1) is 20.4. The number of hydrogen-bond donors (Lipinski definition) is 0. The number of hydrogen-bond acceptors (Lipinski definition) is 0. The Morgan fingerprint density at radius 3 is 1.29 bits per heavy atom. The van der Waals surface area contributed by atoms with E-state index in [2.05, 4.69) is 141 Å². The van der Waals surface area contributed by atoms with Gasteiger partial charge in [0.1, 0.15) is 0 Å². The Kier molecular flexibility index (Phi) is 3.37. The smallest absolute Gasteiger partial charge is 0.0947 e. The van der Waals surface area contributed by atoms with Crippen molar-refractivity contribution in [2.45, 2.75) is 0 Å². The number of fused-ring (bicyclic) bond motifs is 10. The Labute approximate surface area is 233 Å². The molecule has 0 saturated carbocycles. The van der Waals surface area contributed by atoms with Crippen LogP contribution in [0.15, 0.2) is 127 Å². The quantitative estimate of drug-likeness (QED) is 0.140. The summed E-state index contributed by atoms with van der Waals surface area (Å²) in [7, 11) is 0.